The third-order valence-corrected chi connectivity index (χ3v) is 5.83. The van der Waals surface area contributed by atoms with E-state index in [0.717, 1.165) is 38.2 Å². The number of piperidine rings is 1. The molecule has 0 spiro atoms. The van der Waals surface area contributed by atoms with Gasteiger partial charge in [0, 0.05) is 24.8 Å². The zero-order chi connectivity index (χ0) is 22.3. The summed E-state index contributed by atoms with van der Waals surface area (Å²) in [6.07, 6.45) is 3.24. The molecule has 3 aromatic rings. The second kappa shape index (κ2) is 10.1. The molecule has 32 heavy (non-hydrogen) atoms. The molecular formula is C25H28N4O3. The van der Waals surface area contributed by atoms with Gasteiger partial charge in [0.2, 0.25) is 5.91 Å². The van der Waals surface area contributed by atoms with Crippen molar-refractivity contribution < 1.29 is 9.53 Å². The molecule has 1 amide bonds. The molecule has 0 atom stereocenters. The van der Waals surface area contributed by atoms with Crippen molar-refractivity contribution in [3.63, 3.8) is 0 Å². The van der Waals surface area contributed by atoms with E-state index in [9.17, 15) is 9.59 Å². The van der Waals surface area contributed by atoms with Crippen molar-refractivity contribution in [2.45, 2.75) is 25.8 Å². The lowest BCUT2D eigenvalue weighted by molar-refractivity contribution is -0.117. The normalized spacial score (nSPS) is 14.2. The van der Waals surface area contributed by atoms with Gasteiger partial charge in [0.15, 0.2) is 0 Å². The molecule has 0 saturated carbocycles. The lowest BCUT2D eigenvalue weighted by Crippen LogP contribution is -2.37. The minimum Gasteiger partial charge on any atom is -0.497 e. The van der Waals surface area contributed by atoms with E-state index in [1.807, 2.05) is 6.07 Å². The number of methoxy groups -OCH3 is 1. The monoisotopic (exact) mass is 432 g/mol. The Bertz CT molecular complexity index is 1090. The van der Waals surface area contributed by atoms with E-state index in [-0.39, 0.29) is 18.0 Å². The van der Waals surface area contributed by atoms with Crippen LogP contribution in [-0.2, 0) is 17.8 Å². The first-order chi connectivity index (χ1) is 15.6. The number of amides is 1. The fourth-order valence-electron chi connectivity index (χ4n) is 4.04. The molecule has 1 saturated heterocycles. The van der Waals surface area contributed by atoms with Gasteiger partial charge in [-0.25, -0.2) is 4.68 Å². The number of carbonyl (C=O) groups is 1. The standard InChI is InChI=1S/C25H28N4O3/c1-32-22-9-7-21(8-10-22)26-24(30)18-29-25(31)12-11-23(27-29)28-15-13-20(14-16-28)17-19-5-3-2-4-6-19/h2-12,20H,13-18H2,1H3,(H,26,30). The van der Waals surface area contributed by atoms with Gasteiger partial charge < -0.3 is 15.0 Å². The average Bonchev–Trinajstić information content (AvgIpc) is 2.82. The van der Waals surface area contributed by atoms with Crippen LogP contribution in [0.1, 0.15) is 18.4 Å². The molecule has 0 radical (unpaired) electrons. The Balaban J connectivity index is 1.35. The summed E-state index contributed by atoms with van der Waals surface area (Å²) in [6, 6.07) is 20.9. The van der Waals surface area contributed by atoms with Crippen LogP contribution in [0.3, 0.4) is 0 Å². The predicted molar refractivity (Wildman–Crippen MR) is 125 cm³/mol. The Morgan fingerprint density at radius 1 is 1.03 bits per heavy atom. The molecule has 2 aromatic carbocycles. The van der Waals surface area contributed by atoms with E-state index in [1.165, 1.54) is 16.3 Å². The first kappa shape index (κ1) is 21.6. The lowest BCUT2D eigenvalue weighted by atomic mass is 9.90. The van der Waals surface area contributed by atoms with E-state index < -0.39 is 0 Å². The minimum atomic E-state index is -0.302. The fourth-order valence-corrected chi connectivity index (χ4v) is 4.04. The zero-order valence-electron chi connectivity index (χ0n) is 18.2. The van der Waals surface area contributed by atoms with Crippen LogP contribution < -0.4 is 20.5 Å². The summed E-state index contributed by atoms with van der Waals surface area (Å²) in [5, 5.41) is 7.25. The molecule has 0 unspecified atom stereocenters. The molecule has 0 aliphatic carbocycles. The second-order valence-corrected chi connectivity index (χ2v) is 8.08. The van der Waals surface area contributed by atoms with Crippen molar-refractivity contribution in [3.05, 3.63) is 82.6 Å². The van der Waals surface area contributed by atoms with Crippen LogP contribution in [0.15, 0.2) is 71.5 Å². The van der Waals surface area contributed by atoms with Crippen LogP contribution >= 0.6 is 0 Å². The first-order valence-electron chi connectivity index (χ1n) is 10.9. The number of rotatable bonds is 7. The van der Waals surface area contributed by atoms with E-state index in [1.54, 1.807) is 37.4 Å². The summed E-state index contributed by atoms with van der Waals surface area (Å²) in [4.78, 5) is 26.9. The van der Waals surface area contributed by atoms with Gasteiger partial charge in [-0.05, 0) is 61.1 Å². The third-order valence-electron chi connectivity index (χ3n) is 5.83. The van der Waals surface area contributed by atoms with Crippen LogP contribution in [-0.4, -0.2) is 35.9 Å². The maximum atomic E-state index is 12.4. The van der Waals surface area contributed by atoms with Gasteiger partial charge in [-0.15, -0.1) is 0 Å². The smallest absolute Gasteiger partial charge is 0.267 e. The number of anilines is 2. The lowest BCUT2D eigenvalue weighted by Gasteiger charge is -2.33. The van der Waals surface area contributed by atoms with Crippen molar-refractivity contribution in [2.24, 2.45) is 5.92 Å². The van der Waals surface area contributed by atoms with Gasteiger partial charge >= 0.3 is 0 Å². The molecule has 2 heterocycles. The number of benzene rings is 2. The van der Waals surface area contributed by atoms with Crippen LogP contribution in [0.2, 0.25) is 0 Å². The summed E-state index contributed by atoms with van der Waals surface area (Å²) in [5.74, 6) is 1.79. The van der Waals surface area contributed by atoms with Gasteiger partial charge in [0.1, 0.15) is 18.1 Å². The number of hydrogen-bond acceptors (Lipinski definition) is 5. The van der Waals surface area contributed by atoms with Crippen molar-refractivity contribution in [1.29, 1.82) is 0 Å². The van der Waals surface area contributed by atoms with Crippen molar-refractivity contribution in [3.8, 4) is 5.75 Å². The first-order valence-corrected chi connectivity index (χ1v) is 10.9. The molecule has 1 fully saturated rings. The maximum Gasteiger partial charge on any atom is 0.267 e. The molecular weight excluding hydrogens is 404 g/mol. The average molecular weight is 433 g/mol. The fraction of sp³-hybridized carbons (Fsp3) is 0.320. The molecule has 1 aromatic heterocycles. The van der Waals surface area contributed by atoms with E-state index in [0.29, 0.717) is 17.4 Å². The van der Waals surface area contributed by atoms with Gasteiger partial charge in [-0.1, -0.05) is 30.3 Å². The Morgan fingerprint density at radius 3 is 2.44 bits per heavy atom. The Morgan fingerprint density at radius 2 is 1.75 bits per heavy atom. The number of nitrogens with one attached hydrogen (secondary N) is 1. The van der Waals surface area contributed by atoms with Crippen LogP contribution in [0.25, 0.3) is 0 Å². The molecule has 1 N–H and O–H groups in total. The SMILES string of the molecule is COc1ccc(NC(=O)Cn2nc(N3CCC(Cc4ccccc4)CC3)ccc2=O)cc1. The van der Waals surface area contributed by atoms with E-state index in [4.69, 9.17) is 4.74 Å². The molecule has 1 aliphatic rings. The predicted octanol–water partition coefficient (Wildman–Crippen LogP) is 3.35. The molecule has 7 heteroatoms. The number of carbonyl (C=O) groups excluding carboxylic acids is 1. The highest BCUT2D eigenvalue weighted by Gasteiger charge is 2.21. The summed E-state index contributed by atoms with van der Waals surface area (Å²) >= 11 is 0. The quantitative estimate of drug-likeness (QED) is 0.620. The zero-order valence-corrected chi connectivity index (χ0v) is 18.2. The van der Waals surface area contributed by atoms with Gasteiger partial charge in [-0.3, -0.25) is 9.59 Å². The molecule has 4 rings (SSSR count). The van der Waals surface area contributed by atoms with Crippen molar-refractivity contribution in [2.75, 3.05) is 30.4 Å². The van der Waals surface area contributed by atoms with Gasteiger partial charge in [0.05, 0.1) is 7.11 Å². The Labute approximate surface area is 187 Å². The van der Waals surface area contributed by atoms with Crippen molar-refractivity contribution in [1.82, 2.24) is 9.78 Å². The van der Waals surface area contributed by atoms with Crippen LogP contribution in [0.5, 0.6) is 5.75 Å². The summed E-state index contributed by atoms with van der Waals surface area (Å²) in [6.45, 7) is 1.64. The Kier molecular flexibility index (Phi) is 6.84. The van der Waals surface area contributed by atoms with Crippen LogP contribution in [0.4, 0.5) is 11.5 Å². The summed E-state index contributed by atoms with van der Waals surface area (Å²) in [7, 11) is 1.59. The second-order valence-electron chi connectivity index (χ2n) is 8.08. The Hall–Kier alpha value is -3.61. The number of nitrogens with zero attached hydrogens (tertiary/aromatic N) is 3. The summed E-state index contributed by atoms with van der Waals surface area (Å²) < 4.78 is 6.35. The minimum absolute atomic E-state index is 0.136. The number of aromatic nitrogens is 2. The largest absolute Gasteiger partial charge is 0.497 e. The van der Waals surface area contributed by atoms with E-state index >= 15 is 0 Å². The highest BCUT2D eigenvalue weighted by molar-refractivity contribution is 5.90. The highest BCUT2D eigenvalue weighted by Crippen LogP contribution is 2.24. The summed E-state index contributed by atoms with van der Waals surface area (Å²) in [5.41, 5.74) is 1.72. The molecule has 1 aliphatic heterocycles. The topological polar surface area (TPSA) is 76.5 Å². The molecule has 7 nitrogen and oxygen atoms in total. The maximum absolute atomic E-state index is 12.4. The van der Waals surface area contributed by atoms with Crippen LogP contribution in [0, 0.1) is 5.92 Å². The van der Waals surface area contributed by atoms with E-state index in [2.05, 4.69) is 39.6 Å². The highest BCUT2D eigenvalue weighted by atomic mass is 16.5. The molecule has 0 bridgehead atoms. The van der Waals surface area contributed by atoms with Gasteiger partial charge in [-0.2, -0.15) is 5.10 Å². The van der Waals surface area contributed by atoms with Crippen molar-refractivity contribution >= 4 is 17.4 Å². The number of hydrogen-bond donors (Lipinski definition) is 1. The molecule has 166 valence electrons. The van der Waals surface area contributed by atoms with Gasteiger partial charge in [0.25, 0.3) is 5.56 Å². The third kappa shape index (κ3) is 5.55. The number of ether oxygens (including phenoxy) is 1.